The largest absolute Gasteiger partial charge is 0.307 e. The van der Waals surface area contributed by atoms with Gasteiger partial charge < -0.3 is 5.43 Å². The van der Waals surface area contributed by atoms with Gasteiger partial charge in [-0.05, 0) is 24.3 Å². The van der Waals surface area contributed by atoms with Crippen LogP contribution in [0, 0.1) is 0 Å². The van der Waals surface area contributed by atoms with Crippen LogP contribution in [0.2, 0.25) is 10.0 Å². The van der Waals surface area contributed by atoms with Crippen LogP contribution in [-0.4, -0.2) is 10.2 Å². The predicted molar refractivity (Wildman–Crippen MR) is 65.3 cm³/mol. The van der Waals surface area contributed by atoms with E-state index in [1.54, 1.807) is 24.3 Å². The van der Waals surface area contributed by atoms with E-state index in [1.807, 2.05) is 6.07 Å². The third kappa shape index (κ3) is 2.24. The fourth-order valence-electron chi connectivity index (χ4n) is 1.22. The van der Waals surface area contributed by atoms with Gasteiger partial charge in [-0.15, -0.1) is 10.2 Å². The zero-order valence-corrected chi connectivity index (χ0v) is 9.63. The lowest BCUT2D eigenvalue weighted by Crippen LogP contribution is -2.08. The number of halogens is 2. The van der Waals surface area contributed by atoms with E-state index in [0.717, 1.165) is 5.56 Å². The zero-order valence-electron chi connectivity index (χ0n) is 8.11. The van der Waals surface area contributed by atoms with E-state index in [1.165, 1.54) is 0 Å². The Morgan fingerprint density at radius 3 is 2.38 bits per heavy atom. The summed E-state index contributed by atoms with van der Waals surface area (Å²) < 4.78 is 0. The van der Waals surface area contributed by atoms with Crippen LogP contribution >= 0.6 is 23.2 Å². The van der Waals surface area contributed by atoms with Gasteiger partial charge in [0.2, 0.25) is 0 Å². The first-order chi connectivity index (χ1) is 7.70. The monoisotopic (exact) mass is 254 g/mol. The summed E-state index contributed by atoms with van der Waals surface area (Å²) in [6.07, 6.45) is 0. The number of nitrogens with zero attached hydrogens (tertiary/aromatic N) is 2. The molecule has 2 aromatic rings. The van der Waals surface area contributed by atoms with E-state index in [-0.39, 0.29) is 0 Å². The van der Waals surface area contributed by atoms with Crippen molar-refractivity contribution >= 4 is 29.0 Å². The molecular weight excluding hydrogens is 247 g/mol. The van der Waals surface area contributed by atoms with Crippen molar-refractivity contribution in [3.63, 3.8) is 0 Å². The maximum Gasteiger partial charge on any atom is 0.162 e. The Morgan fingerprint density at radius 1 is 1.00 bits per heavy atom. The van der Waals surface area contributed by atoms with Crippen LogP contribution < -0.4 is 11.3 Å². The van der Waals surface area contributed by atoms with E-state index in [4.69, 9.17) is 29.0 Å². The Labute approximate surface area is 102 Å². The maximum atomic E-state index is 5.91. The Bertz CT molecular complexity index is 499. The molecule has 6 heteroatoms. The summed E-state index contributed by atoms with van der Waals surface area (Å²) >= 11 is 11.7. The van der Waals surface area contributed by atoms with Crippen LogP contribution in [0.25, 0.3) is 11.3 Å². The summed E-state index contributed by atoms with van der Waals surface area (Å²) in [6.45, 7) is 0. The van der Waals surface area contributed by atoms with Crippen LogP contribution in [0.1, 0.15) is 0 Å². The second-order valence-electron chi connectivity index (χ2n) is 3.08. The molecule has 0 unspecified atom stereocenters. The van der Waals surface area contributed by atoms with Crippen molar-refractivity contribution in [2.24, 2.45) is 5.84 Å². The molecule has 0 saturated heterocycles. The smallest absolute Gasteiger partial charge is 0.162 e. The predicted octanol–water partition coefficient (Wildman–Crippen LogP) is 2.74. The average Bonchev–Trinajstić information content (AvgIpc) is 2.33. The molecule has 82 valence electrons. The van der Waals surface area contributed by atoms with Crippen LogP contribution in [-0.2, 0) is 0 Å². The lowest BCUT2D eigenvalue weighted by atomic mass is 10.1. The van der Waals surface area contributed by atoms with E-state index < -0.39 is 0 Å². The van der Waals surface area contributed by atoms with Gasteiger partial charge in [-0.2, -0.15) is 0 Å². The molecule has 0 aliphatic rings. The molecule has 1 aromatic heterocycles. The Kier molecular flexibility index (Phi) is 3.24. The average molecular weight is 255 g/mol. The minimum atomic E-state index is 0.488. The molecule has 16 heavy (non-hydrogen) atoms. The highest BCUT2D eigenvalue weighted by molar-refractivity contribution is 6.42. The van der Waals surface area contributed by atoms with Gasteiger partial charge in [0, 0.05) is 5.56 Å². The van der Waals surface area contributed by atoms with E-state index in [2.05, 4.69) is 15.6 Å². The molecule has 0 fully saturated rings. The molecule has 2 rings (SSSR count). The van der Waals surface area contributed by atoms with Crippen molar-refractivity contribution in [2.45, 2.75) is 0 Å². The number of hydrogen-bond donors (Lipinski definition) is 2. The number of anilines is 1. The second kappa shape index (κ2) is 4.65. The Balaban J connectivity index is 2.38. The van der Waals surface area contributed by atoms with Gasteiger partial charge in [0.15, 0.2) is 5.82 Å². The van der Waals surface area contributed by atoms with Gasteiger partial charge in [0.05, 0.1) is 15.7 Å². The van der Waals surface area contributed by atoms with Gasteiger partial charge in [0.1, 0.15) is 0 Å². The molecular formula is C10H8Cl2N4. The maximum absolute atomic E-state index is 5.91. The Morgan fingerprint density at radius 2 is 1.81 bits per heavy atom. The summed E-state index contributed by atoms with van der Waals surface area (Å²) in [6, 6.07) is 8.81. The van der Waals surface area contributed by atoms with Crippen molar-refractivity contribution in [1.82, 2.24) is 10.2 Å². The minimum Gasteiger partial charge on any atom is -0.307 e. The topological polar surface area (TPSA) is 63.8 Å². The van der Waals surface area contributed by atoms with Crippen molar-refractivity contribution in [1.29, 1.82) is 0 Å². The van der Waals surface area contributed by atoms with E-state index >= 15 is 0 Å². The SMILES string of the molecule is NNc1ccc(-c2ccc(Cl)c(Cl)c2)nn1. The van der Waals surface area contributed by atoms with Crippen molar-refractivity contribution in [3.05, 3.63) is 40.4 Å². The zero-order chi connectivity index (χ0) is 11.5. The molecule has 0 radical (unpaired) electrons. The number of nitrogens with one attached hydrogen (secondary N) is 1. The number of rotatable bonds is 2. The highest BCUT2D eigenvalue weighted by Crippen LogP contribution is 2.27. The van der Waals surface area contributed by atoms with Crippen LogP contribution in [0.4, 0.5) is 5.82 Å². The van der Waals surface area contributed by atoms with Crippen LogP contribution in [0.3, 0.4) is 0 Å². The molecule has 0 saturated carbocycles. The minimum absolute atomic E-state index is 0.488. The summed E-state index contributed by atoms with van der Waals surface area (Å²) in [4.78, 5) is 0. The second-order valence-corrected chi connectivity index (χ2v) is 3.89. The van der Waals surface area contributed by atoms with Gasteiger partial charge in [-0.3, -0.25) is 0 Å². The summed E-state index contributed by atoms with van der Waals surface area (Å²) in [5.74, 6) is 5.70. The molecule has 0 spiro atoms. The van der Waals surface area contributed by atoms with Crippen LogP contribution in [0.15, 0.2) is 30.3 Å². The molecule has 4 nitrogen and oxygen atoms in total. The quantitative estimate of drug-likeness (QED) is 0.639. The lowest BCUT2D eigenvalue weighted by Gasteiger charge is -2.03. The van der Waals surface area contributed by atoms with Gasteiger partial charge in [-0.1, -0.05) is 29.3 Å². The lowest BCUT2D eigenvalue weighted by molar-refractivity contribution is 1.03. The fourth-order valence-corrected chi connectivity index (χ4v) is 1.52. The fraction of sp³-hybridized carbons (Fsp3) is 0. The van der Waals surface area contributed by atoms with Gasteiger partial charge >= 0.3 is 0 Å². The van der Waals surface area contributed by atoms with Crippen molar-refractivity contribution in [3.8, 4) is 11.3 Å². The molecule has 0 amide bonds. The summed E-state index contributed by atoms with van der Waals surface area (Å²) in [5.41, 5.74) is 3.96. The van der Waals surface area contributed by atoms with Gasteiger partial charge in [-0.25, -0.2) is 5.84 Å². The number of benzene rings is 1. The van der Waals surface area contributed by atoms with E-state index in [0.29, 0.717) is 21.6 Å². The molecule has 1 heterocycles. The summed E-state index contributed by atoms with van der Waals surface area (Å²) in [5, 5.41) is 8.86. The van der Waals surface area contributed by atoms with Gasteiger partial charge in [0.25, 0.3) is 0 Å². The first kappa shape index (κ1) is 11.1. The highest BCUT2D eigenvalue weighted by Gasteiger charge is 2.03. The van der Waals surface area contributed by atoms with Crippen LogP contribution in [0.5, 0.6) is 0 Å². The first-order valence-electron chi connectivity index (χ1n) is 4.46. The number of aromatic nitrogens is 2. The molecule has 0 bridgehead atoms. The standard InChI is InChI=1S/C10H8Cl2N4/c11-7-2-1-6(5-8(7)12)9-3-4-10(14-13)16-15-9/h1-5H,13H2,(H,14,16). The summed E-state index contributed by atoms with van der Waals surface area (Å²) in [7, 11) is 0. The van der Waals surface area contributed by atoms with Crippen molar-refractivity contribution in [2.75, 3.05) is 5.43 Å². The molecule has 0 aliphatic carbocycles. The number of nitrogen functional groups attached to an aromatic ring is 1. The number of hydrazine groups is 1. The normalized spacial score (nSPS) is 10.2. The highest BCUT2D eigenvalue weighted by atomic mass is 35.5. The number of hydrogen-bond acceptors (Lipinski definition) is 4. The van der Waals surface area contributed by atoms with E-state index in [9.17, 15) is 0 Å². The van der Waals surface area contributed by atoms with Crippen molar-refractivity contribution < 1.29 is 0 Å². The third-order valence-electron chi connectivity index (χ3n) is 2.03. The molecule has 0 atom stereocenters. The first-order valence-corrected chi connectivity index (χ1v) is 5.22. The molecule has 0 aliphatic heterocycles. The Hall–Kier alpha value is -1.36. The molecule has 3 N–H and O–H groups in total. The number of nitrogens with two attached hydrogens (primary N) is 1. The molecule has 1 aromatic carbocycles. The third-order valence-corrected chi connectivity index (χ3v) is 2.77.